The van der Waals surface area contributed by atoms with E-state index in [2.05, 4.69) is 17.6 Å². The highest BCUT2D eigenvalue weighted by Gasteiger charge is 2.24. The number of benzene rings is 1. The third-order valence-electron chi connectivity index (χ3n) is 2.59. The second kappa shape index (κ2) is 5.58. The number of thiazole rings is 1. The van der Waals surface area contributed by atoms with Crippen LogP contribution in [0.1, 0.15) is 17.3 Å². The van der Waals surface area contributed by atoms with E-state index >= 15 is 0 Å². The highest BCUT2D eigenvalue weighted by molar-refractivity contribution is 7.96. The lowest BCUT2D eigenvalue weighted by atomic mass is 10.1. The lowest BCUT2D eigenvalue weighted by Crippen LogP contribution is -2.11. The van der Waals surface area contributed by atoms with E-state index in [1.54, 1.807) is 19.2 Å². The normalized spacial score (nSPS) is 12.3. The number of ether oxygens (including phenoxy) is 1. The summed E-state index contributed by atoms with van der Waals surface area (Å²) >= 11 is 5.03. The molecule has 1 unspecified atom stereocenters. The lowest BCUT2D eigenvalue weighted by Gasteiger charge is -2.05. The Bertz CT molecular complexity index is 638. The smallest absolute Gasteiger partial charge is 0.304 e. The highest BCUT2D eigenvalue weighted by atomic mass is 32.1. The first-order chi connectivity index (χ1) is 9.01. The number of hydrogen-bond donors (Lipinski definition) is 2. The molecule has 0 bridgehead atoms. The van der Waals surface area contributed by atoms with Gasteiger partial charge in [-0.25, -0.2) is 4.98 Å². The number of rotatable bonds is 5. The first-order valence-electron chi connectivity index (χ1n) is 5.40. The van der Waals surface area contributed by atoms with Crippen LogP contribution in [-0.4, -0.2) is 28.3 Å². The van der Waals surface area contributed by atoms with Gasteiger partial charge in [-0.1, -0.05) is 0 Å². The summed E-state index contributed by atoms with van der Waals surface area (Å²) in [6, 6.07) is 5.37. The fourth-order valence-electron chi connectivity index (χ4n) is 1.66. The zero-order valence-corrected chi connectivity index (χ0v) is 11.7. The zero-order chi connectivity index (χ0) is 14.0. The number of carboxylic acids is 1. The molecule has 1 aromatic carbocycles. The number of hydrogen-bond acceptors (Lipinski definition) is 5. The molecule has 19 heavy (non-hydrogen) atoms. The number of nitrogens with zero attached hydrogens (tertiary/aromatic N) is 1. The van der Waals surface area contributed by atoms with Crippen molar-refractivity contribution in [2.75, 3.05) is 7.11 Å². The van der Waals surface area contributed by atoms with E-state index in [1.165, 1.54) is 11.3 Å². The van der Waals surface area contributed by atoms with E-state index in [-0.39, 0.29) is 6.42 Å². The van der Waals surface area contributed by atoms with Gasteiger partial charge in [0.2, 0.25) is 0 Å². The maximum absolute atomic E-state index is 11.4. The highest BCUT2D eigenvalue weighted by Crippen LogP contribution is 2.32. The molecule has 0 amide bonds. The number of methoxy groups -OCH3 is 1. The summed E-state index contributed by atoms with van der Waals surface area (Å²) in [5.74, 6) is -1.20. The maximum atomic E-state index is 11.4. The summed E-state index contributed by atoms with van der Waals surface area (Å²) < 4.78 is 5.97. The van der Waals surface area contributed by atoms with Crippen molar-refractivity contribution in [1.29, 1.82) is 0 Å². The fourth-order valence-corrected chi connectivity index (χ4v) is 3.00. The van der Waals surface area contributed by atoms with Gasteiger partial charge < -0.3 is 9.84 Å². The minimum Gasteiger partial charge on any atom is -0.497 e. The molecule has 0 aliphatic rings. The Balaban J connectivity index is 2.42. The molecule has 1 aromatic heterocycles. The van der Waals surface area contributed by atoms with Gasteiger partial charge in [0, 0.05) is 6.07 Å². The molecule has 0 saturated heterocycles. The Morgan fingerprint density at radius 1 is 1.53 bits per heavy atom. The number of fused-ring (bicyclic) bond motifs is 1. The number of carbonyl (C=O) groups is 2. The first-order valence-corrected chi connectivity index (χ1v) is 6.66. The fraction of sp³-hybridized carbons (Fsp3) is 0.250. The van der Waals surface area contributed by atoms with Crippen LogP contribution in [0, 0.1) is 0 Å². The van der Waals surface area contributed by atoms with Gasteiger partial charge in [-0.3, -0.25) is 9.59 Å². The zero-order valence-electron chi connectivity index (χ0n) is 9.99. The Labute approximate surface area is 118 Å². The van der Waals surface area contributed by atoms with Gasteiger partial charge in [-0.15, -0.1) is 24.0 Å². The van der Waals surface area contributed by atoms with E-state index in [9.17, 15) is 9.59 Å². The van der Waals surface area contributed by atoms with Gasteiger partial charge in [-0.05, 0) is 12.1 Å². The predicted molar refractivity (Wildman–Crippen MR) is 75.2 cm³/mol. The van der Waals surface area contributed by atoms with Crippen LogP contribution in [-0.2, 0) is 9.59 Å². The van der Waals surface area contributed by atoms with Gasteiger partial charge in [-0.2, -0.15) is 0 Å². The van der Waals surface area contributed by atoms with Crippen LogP contribution in [0.5, 0.6) is 5.75 Å². The number of carbonyl (C=O) groups excluding carboxylic acids is 1. The molecular weight excluding hydrogens is 286 g/mol. The molecule has 0 fully saturated rings. The molecule has 0 spiro atoms. The van der Waals surface area contributed by atoms with Crippen molar-refractivity contribution in [3.8, 4) is 5.75 Å². The van der Waals surface area contributed by atoms with E-state index < -0.39 is 17.0 Å². The van der Waals surface area contributed by atoms with Crippen molar-refractivity contribution in [2.24, 2.45) is 0 Å². The largest absolute Gasteiger partial charge is 0.497 e. The standard InChI is InChI=1S/C12H11NO4S2/c1-17-6-2-3-9-8(4-6)13-11(19-9)7(12(16)18)5-10(14)15/h2-4,7H,5H2,1H3,(H,14,15)(H,16,18). The van der Waals surface area contributed by atoms with E-state index in [0.29, 0.717) is 16.3 Å². The van der Waals surface area contributed by atoms with Crippen LogP contribution in [0.2, 0.25) is 0 Å². The average Bonchev–Trinajstić information content (AvgIpc) is 2.77. The van der Waals surface area contributed by atoms with Crippen molar-refractivity contribution < 1.29 is 19.4 Å². The topological polar surface area (TPSA) is 76.5 Å². The lowest BCUT2D eigenvalue weighted by molar-refractivity contribution is -0.138. The average molecular weight is 297 g/mol. The molecule has 100 valence electrons. The summed E-state index contributed by atoms with van der Waals surface area (Å²) in [6.07, 6.45) is -0.306. The third kappa shape index (κ3) is 3.05. The second-order valence-electron chi connectivity index (χ2n) is 3.87. The van der Waals surface area contributed by atoms with Crippen molar-refractivity contribution >= 4 is 45.3 Å². The molecule has 0 radical (unpaired) electrons. The molecule has 1 atom stereocenters. The van der Waals surface area contributed by atoms with E-state index in [1.807, 2.05) is 6.07 Å². The Hall–Kier alpha value is -1.60. The molecule has 1 heterocycles. The van der Waals surface area contributed by atoms with Crippen LogP contribution in [0.15, 0.2) is 18.2 Å². The Kier molecular flexibility index (Phi) is 4.06. The number of aliphatic carboxylic acids is 1. The van der Waals surface area contributed by atoms with Gasteiger partial charge in [0.15, 0.2) is 5.12 Å². The summed E-state index contributed by atoms with van der Waals surface area (Å²) in [5.41, 5.74) is 0.685. The molecule has 5 nitrogen and oxygen atoms in total. The van der Waals surface area contributed by atoms with Crippen LogP contribution < -0.4 is 4.74 Å². The van der Waals surface area contributed by atoms with E-state index in [4.69, 9.17) is 9.84 Å². The third-order valence-corrected chi connectivity index (χ3v) is 4.05. The molecule has 2 rings (SSSR count). The summed E-state index contributed by atoms with van der Waals surface area (Å²) in [5, 5.41) is 8.79. The summed E-state index contributed by atoms with van der Waals surface area (Å²) in [6.45, 7) is 0. The van der Waals surface area contributed by atoms with Gasteiger partial charge >= 0.3 is 5.97 Å². The summed E-state index contributed by atoms with van der Waals surface area (Å²) in [4.78, 5) is 26.5. The summed E-state index contributed by atoms with van der Waals surface area (Å²) in [7, 11) is 1.55. The van der Waals surface area contributed by atoms with Crippen LogP contribution in [0.25, 0.3) is 10.2 Å². The molecular formula is C12H11NO4S2. The predicted octanol–water partition coefficient (Wildman–Crippen LogP) is 2.32. The molecule has 7 heteroatoms. The van der Waals surface area contributed by atoms with Crippen molar-refractivity contribution in [3.63, 3.8) is 0 Å². The molecule has 0 aliphatic heterocycles. The molecule has 0 aliphatic carbocycles. The Morgan fingerprint density at radius 3 is 2.84 bits per heavy atom. The van der Waals surface area contributed by atoms with Gasteiger partial charge in [0.25, 0.3) is 0 Å². The van der Waals surface area contributed by atoms with Crippen molar-refractivity contribution in [3.05, 3.63) is 23.2 Å². The molecule has 0 saturated carbocycles. The van der Waals surface area contributed by atoms with Crippen LogP contribution in [0.4, 0.5) is 0 Å². The number of aromatic nitrogens is 1. The van der Waals surface area contributed by atoms with Crippen LogP contribution in [0.3, 0.4) is 0 Å². The number of thiol groups is 1. The quantitative estimate of drug-likeness (QED) is 0.828. The van der Waals surface area contributed by atoms with Crippen LogP contribution >= 0.6 is 24.0 Å². The van der Waals surface area contributed by atoms with Gasteiger partial charge in [0.1, 0.15) is 10.8 Å². The first kappa shape index (κ1) is 13.8. The van der Waals surface area contributed by atoms with E-state index in [0.717, 1.165) is 4.70 Å². The van der Waals surface area contributed by atoms with Gasteiger partial charge in [0.05, 0.1) is 29.7 Å². The second-order valence-corrected chi connectivity index (χ2v) is 5.38. The minimum atomic E-state index is -1.05. The molecule has 2 aromatic rings. The minimum absolute atomic E-state index is 0.306. The van der Waals surface area contributed by atoms with Crippen molar-refractivity contribution in [1.82, 2.24) is 4.98 Å². The number of carboxylic acid groups (broad SMARTS) is 1. The Morgan fingerprint density at radius 2 is 2.26 bits per heavy atom. The SMILES string of the molecule is COc1ccc2sc(C(CC(=O)O)C(=O)S)nc2c1. The maximum Gasteiger partial charge on any atom is 0.304 e. The van der Waals surface area contributed by atoms with Crippen molar-refractivity contribution in [2.45, 2.75) is 12.3 Å². The monoisotopic (exact) mass is 297 g/mol. The molecule has 1 N–H and O–H groups in total.